The van der Waals surface area contributed by atoms with Crippen molar-refractivity contribution in [3.05, 3.63) is 34.3 Å². The Bertz CT molecular complexity index is 368. The zero-order valence-corrected chi connectivity index (χ0v) is 13.1. The molecule has 1 unspecified atom stereocenters. The van der Waals surface area contributed by atoms with Crippen LogP contribution in [0.15, 0.2) is 28.7 Å². The topological polar surface area (TPSA) is 29.1 Å². The van der Waals surface area contributed by atoms with Crippen LogP contribution in [0.2, 0.25) is 0 Å². The summed E-state index contributed by atoms with van der Waals surface area (Å²) in [4.78, 5) is 11.8. The predicted molar refractivity (Wildman–Crippen MR) is 78.7 cm³/mol. The van der Waals surface area contributed by atoms with Gasteiger partial charge in [0.15, 0.2) is 0 Å². The van der Waals surface area contributed by atoms with Crippen LogP contribution in [0.4, 0.5) is 0 Å². The van der Waals surface area contributed by atoms with Gasteiger partial charge in [-0.25, -0.2) is 0 Å². The summed E-state index contributed by atoms with van der Waals surface area (Å²) < 4.78 is 0.929. The fraction of sp³-hybridized carbons (Fsp3) is 0.462. The number of hydrogen-bond acceptors (Lipinski definition) is 1. The smallest absolute Gasteiger partial charge is 0.251 e. The maximum atomic E-state index is 11.8. The molecule has 0 saturated carbocycles. The van der Waals surface area contributed by atoms with Gasteiger partial charge in [-0.3, -0.25) is 4.79 Å². The first-order valence-electron chi connectivity index (χ1n) is 5.73. The second kappa shape index (κ2) is 7.88. The Morgan fingerprint density at radius 2 is 2.24 bits per heavy atom. The van der Waals surface area contributed by atoms with Crippen LogP contribution in [0.1, 0.15) is 30.1 Å². The summed E-state index contributed by atoms with van der Waals surface area (Å²) in [5.74, 6) is 0.663. The monoisotopic (exact) mass is 361 g/mol. The van der Waals surface area contributed by atoms with Gasteiger partial charge in [-0.2, -0.15) is 0 Å². The number of halogens is 2. The van der Waals surface area contributed by atoms with Crippen LogP contribution in [0, 0.1) is 5.92 Å². The summed E-state index contributed by atoms with van der Waals surface area (Å²) in [5.41, 5.74) is 0.702. The molecule has 0 bridgehead atoms. The van der Waals surface area contributed by atoms with Gasteiger partial charge >= 0.3 is 0 Å². The van der Waals surface area contributed by atoms with E-state index in [4.69, 9.17) is 0 Å². The molecule has 0 aliphatic carbocycles. The highest BCUT2D eigenvalue weighted by molar-refractivity contribution is 9.10. The standard InChI is InChI=1S/C13H17Br2NO/c1-10(9-14)4-3-7-16-13(17)11-5-2-6-12(15)8-11/h2,5-6,8,10H,3-4,7,9H2,1H3,(H,16,17). The zero-order valence-electron chi connectivity index (χ0n) is 9.88. The van der Waals surface area contributed by atoms with Crippen LogP contribution < -0.4 is 5.32 Å². The van der Waals surface area contributed by atoms with Gasteiger partial charge in [-0.1, -0.05) is 44.8 Å². The minimum atomic E-state index is -0.00204. The average molecular weight is 363 g/mol. The molecule has 0 aromatic heterocycles. The number of hydrogen-bond donors (Lipinski definition) is 1. The zero-order chi connectivity index (χ0) is 12.7. The first kappa shape index (κ1) is 14.7. The number of carbonyl (C=O) groups excluding carboxylic acids is 1. The van der Waals surface area contributed by atoms with Gasteiger partial charge < -0.3 is 5.32 Å². The molecule has 1 amide bonds. The van der Waals surface area contributed by atoms with Crippen molar-refractivity contribution in [1.29, 1.82) is 0 Å². The quantitative estimate of drug-likeness (QED) is 0.601. The molecular formula is C13H17Br2NO. The molecule has 0 spiro atoms. The Balaban J connectivity index is 2.30. The number of rotatable bonds is 6. The van der Waals surface area contributed by atoms with Gasteiger partial charge in [0, 0.05) is 21.9 Å². The van der Waals surface area contributed by atoms with Gasteiger partial charge in [0.05, 0.1) is 0 Å². The van der Waals surface area contributed by atoms with E-state index < -0.39 is 0 Å². The molecule has 0 fully saturated rings. The largest absolute Gasteiger partial charge is 0.352 e. The number of carbonyl (C=O) groups is 1. The van der Waals surface area contributed by atoms with E-state index >= 15 is 0 Å². The second-order valence-corrected chi connectivity index (χ2v) is 5.73. The Kier molecular flexibility index (Phi) is 6.82. The SMILES string of the molecule is CC(CBr)CCCNC(=O)c1cccc(Br)c1. The summed E-state index contributed by atoms with van der Waals surface area (Å²) in [5, 5.41) is 3.95. The second-order valence-electron chi connectivity index (χ2n) is 4.17. The molecule has 4 heteroatoms. The molecule has 1 atom stereocenters. The summed E-state index contributed by atoms with van der Waals surface area (Å²) in [7, 11) is 0. The highest BCUT2D eigenvalue weighted by Crippen LogP contribution is 2.11. The van der Waals surface area contributed by atoms with Crippen LogP contribution >= 0.6 is 31.9 Å². The van der Waals surface area contributed by atoms with Crippen LogP contribution in [0.25, 0.3) is 0 Å². The minimum absolute atomic E-state index is 0.00204. The molecule has 0 aliphatic rings. The average Bonchev–Trinajstić information content (AvgIpc) is 2.34. The number of benzene rings is 1. The van der Waals surface area contributed by atoms with Crippen molar-refractivity contribution in [3.63, 3.8) is 0 Å². The maximum Gasteiger partial charge on any atom is 0.251 e. The lowest BCUT2D eigenvalue weighted by molar-refractivity contribution is 0.0952. The van der Waals surface area contributed by atoms with E-state index in [-0.39, 0.29) is 5.91 Å². The molecule has 0 heterocycles. The number of alkyl halides is 1. The van der Waals surface area contributed by atoms with Crippen molar-refractivity contribution in [2.24, 2.45) is 5.92 Å². The van der Waals surface area contributed by atoms with E-state index in [1.807, 2.05) is 24.3 Å². The molecular weight excluding hydrogens is 346 g/mol. The van der Waals surface area contributed by atoms with Crippen molar-refractivity contribution < 1.29 is 4.79 Å². The summed E-state index contributed by atoms with van der Waals surface area (Å²) in [6, 6.07) is 7.43. The van der Waals surface area contributed by atoms with E-state index in [1.54, 1.807) is 0 Å². The molecule has 17 heavy (non-hydrogen) atoms. The number of nitrogens with one attached hydrogen (secondary N) is 1. The van der Waals surface area contributed by atoms with Gasteiger partial charge in [0.25, 0.3) is 5.91 Å². The highest BCUT2D eigenvalue weighted by atomic mass is 79.9. The summed E-state index contributed by atoms with van der Waals surface area (Å²) in [6.45, 7) is 2.94. The number of amides is 1. The van der Waals surface area contributed by atoms with Gasteiger partial charge in [0.2, 0.25) is 0 Å². The van der Waals surface area contributed by atoms with Crippen molar-refractivity contribution in [2.45, 2.75) is 19.8 Å². The van der Waals surface area contributed by atoms with Gasteiger partial charge in [-0.05, 0) is 37.0 Å². The van der Waals surface area contributed by atoms with Crippen molar-refractivity contribution in [2.75, 3.05) is 11.9 Å². The lowest BCUT2D eigenvalue weighted by Gasteiger charge is -2.08. The van der Waals surface area contributed by atoms with E-state index in [2.05, 4.69) is 44.1 Å². The van der Waals surface area contributed by atoms with Crippen LogP contribution in [-0.2, 0) is 0 Å². The molecule has 0 aliphatic heterocycles. The van der Waals surface area contributed by atoms with E-state index in [9.17, 15) is 4.79 Å². The molecule has 2 nitrogen and oxygen atoms in total. The van der Waals surface area contributed by atoms with Crippen molar-refractivity contribution in [3.8, 4) is 0 Å². The third kappa shape index (κ3) is 5.68. The summed E-state index contributed by atoms with van der Waals surface area (Å²) >= 11 is 6.80. The highest BCUT2D eigenvalue weighted by Gasteiger charge is 2.05. The van der Waals surface area contributed by atoms with Crippen LogP contribution in [0.5, 0.6) is 0 Å². The van der Waals surface area contributed by atoms with Gasteiger partial charge in [0.1, 0.15) is 0 Å². The lowest BCUT2D eigenvalue weighted by Crippen LogP contribution is -2.24. The Labute approximate surface area is 119 Å². The van der Waals surface area contributed by atoms with Crippen LogP contribution in [-0.4, -0.2) is 17.8 Å². The molecule has 0 saturated heterocycles. The first-order chi connectivity index (χ1) is 8.13. The van der Waals surface area contributed by atoms with Crippen molar-refractivity contribution >= 4 is 37.8 Å². The lowest BCUT2D eigenvalue weighted by atomic mass is 10.1. The Morgan fingerprint density at radius 1 is 1.47 bits per heavy atom. The third-order valence-corrected chi connectivity index (χ3v) is 4.11. The molecule has 1 N–H and O–H groups in total. The Hall–Kier alpha value is -0.350. The minimum Gasteiger partial charge on any atom is -0.352 e. The molecule has 0 radical (unpaired) electrons. The van der Waals surface area contributed by atoms with Crippen molar-refractivity contribution in [1.82, 2.24) is 5.32 Å². The predicted octanol–water partition coefficient (Wildman–Crippen LogP) is 3.99. The molecule has 94 valence electrons. The fourth-order valence-electron chi connectivity index (χ4n) is 1.46. The normalized spacial score (nSPS) is 12.2. The van der Waals surface area contributed by atoms with E-state index in [1.165, 1.54) is 0 Å². The maximum absolute atomic E-state index is 11.8. The molecule has 1 aromatic carbocycles. The first-order valence-corrected chi connectivity index (χ1v) is 7.64. The fourth-order valence-corrected chi connectivity index (χ4v) is 2.18. The van der Waals surface area contributed by atoms with Crippen LogP contribution in [0.3, 0.4) is 0 Å². The summed E-state index contributed by atoms with van der Waals surface area (Å²) in [6.07, 6.45) is 2.15. The molecule has 1 rings (SSSR count). The van der Waals surface area contributed by atoms with E-state index in [0.717, 1.165) is 29.2 Å². The van der Waals surface area contributed by atoms with Gasteiger partial charge in [-0.15, -0.1) is 0 Å². The molecule has 1 aromatic rings. The third-order valence-electron chi connectivity index (χ3n) is 2.51. The van der Waals surface area contributed by atoms with E-state index in [0.29, 0.717) is 11.5 Å². The Morgan fingerprint density at radius 3 is 2.88 bits per heavy atom.